The molecule has 2 unspecified atom stereocenters. The Labute approximate surface area is 69.6 Å². The number of carboxylic acids is 1. The van der Waals surface area contributed by atoms with Crippen LogP contribution in [0.25, 0.3) is 0 Å². The molecule has 0 aromatic rings. The molecule has 6 rings (SSSR count). The van der Waals surface area contributed by atoms with Crippen molar-refractivity contribution in [2.24, 2.45) is 11.1 Å². The summed E-state index contributed by atoms with van der Waals surface area (Å²) in [7, 11) is 0. The third-order valence-corrected chi connectivity index (χ3v) is 3.36. The average molecular weight is 163 g/mol. The van der Waals surface area contributed by atoms with E-state index in [-0.39, 0.29) is 5.54 Å². The van der Waals surface area contributed by atoms with Gasteiger partial charge in [0.15, 0.2) is 0 Å². The van der Waals surface area contributed by atoms with Gasteiger partial charge in [0.2, 0.25) is 0 Å². The summed E-state index contributed by atoms with van der Waals surface area (Å²) in [4.78, 5) is 10.9. The average Bonchev–Trinajstić information content (AvgIpc) is 1.79. The van der Waals surface area contributed by atoms with Crippen molar-refractivity contribution >= 4 is 5.97 Å². The summed E-state index contributed by atoms with van der Waals surface area (Å²) in [6, 6.07) is 0. The van der Waals surface area contributed by atoms with Crippen LogP contribution in [0.4, 0.5) is 0 Å². The SMILES string of the molecule is NC12C=C(C1)C1(C(=O)O)C=C2C1. The van der Waals surface area contributed by atoms with E-state index in [1.807, 2.05) is 12.2 Å². The summed E-state index contributed by atoms with van der Waals surface area (Å²) in [5.41, 5.74) is 7.16. The molecule has 2 atom stereocenters. The van der Waals surface area contributed by atoms with Gasteiger partial charge < -0.3 is 10.8 Å². The minimum absolute atomic E-state index is 0.257. The van der Waals surface area contributed by atoms with Gasteiger partial charge >= 0.3 is 5.97 Å². The highest BCUT2D eigenvalue weighted by Crippen LogP contribution is 2.62. The third-order valence-electron chi connectivity index (χ3n) is 3.36. The molecule has 4 bridgehead atoms. The van der Waals surface area contributed by atoms with Crippen molar-refractivity contribution in [2.45, 2.75) is 18.4 Å². The number of hydrogen-bond donors (Lipinski definition) is 2. The molecule has 12 heavy (non-hydrogen) atoms. The molecule has 6 aliphatic carbocycles. The van der Waals surface area contributed by atoms with Crippen molar-refractivity contribution in [1.29, 1.82) is 0 Å². The fraction of sp³-hybridized carbons (Fsp3) is 0.444. The predicted molar refractivity (Wildman–Crippen MR) is 42.4 cm³/mol. The maximum atomic E-state index is 10.9. The zero-order valence-corrected chi connectivity index (χ0v) is 6.50. The maximum absolute atomic E-state index is 10.9. The molecule has 62 valence electrons. The Kier molecular flexibility index (Phi) is 0.737. The van der Waals surface area contributed by atoms with E-state index < -0.39 is 11.4 Å². The summed E-state index contributed by atoms with van der Waals surface area (Å²) in [6.45, 7) is 0. The minimum atomic E-state index is -0.723. The van der Waals surface area contributed by atoms with Crippen molar-refractivity contribution in [2.75, 3.05) is 0 Å². The molecule has 3 nitrogen and oxygen atoms in total. The van der Waals surface area contributed by atoms with E-state index in [0.717, 1.165) is 17.6 Å². The highest BCUT2D eigenvalue weighted by Gasteiger charge is 2.61. The van der Waals surface area contributed by atoms with Crippen LogP contribution in [-0.2, 0) is 4.79 Å². The van der Waals surface area contributed by atoms with Gasteiger partial charge in [-0.05, 0) is 24.0 Å². The predicted octanol–water partition coefficient (Wildman–Crippen LogP) is 0.429. The number of nitrogens with two attached hydrogens (primary N) is 1. The second-order valence-corrected chi connectivity index (χ2v) is 4.01. The van der Waals surface area contributed by atoms with E-state index in [0.29, 0.717) is 6.42 Å². The van der Waals surface area contributed by atoms with Crippen LogP contribution in [0.2, 0.25) is 0 Å². The van der Waals surface area contributed by atoms with E-state index in [1.165, 1.54) is 0 Å². The van der Waals surface area contributed by atoms with E-state index >= 15 is 0 Å². The van der Waals surface area contributed by atoms with Crippen LogP contribution >= 0.6 is 0 Å². The molecular formula is C9H9NO2. The van der Waals surface area contributed by atoms with Crippen molar-refractivity contribution in [3.8, 4) is 0 Å². The Bertz CT molecular complexity index is 369. The summed E-state index contributed by atoms with van der Waals surface area (Å²) in [5, 5.41) is 8.99. The van der Waals surface area contributed by atoms with Crippen molar-refractivity contribution < 1.29 is 9.90 Å². The van der Waals surface area contributed by atoms with Crippen LogP contribution in [0, 0.1) is 5.41 Å². The maximum Gasteiger partial charge on any atom is 0.318 e. The first kappa shape index (κ1) is 6.43. The number of rotatable bonds is 1. The van der Waals surface area contributed by atoms with Crippen molar-refractivity contribution in [3.05, 3.63) is 23.3 Å². The summed E-state index contributed by atoms with van der Waals surface area (Å²) in [5.74, 6) is -0.723. The van der Waals surface area contributed by atoms with Crippen LogP contribution in [0.15, 0.2) is 23.3 Å². The van der Waals surface area contributed by atoms with Gasteiger partial charge in [-0.3, -0.25) is 4.79 Å². The molecular weight excluding hydrogens is 154 g/mol. The van der Waals surface area contributed by atoms with Crippen molar-refractivity contribution in [1.82, 2.24) is 0 Å². The second kappa shape index (κ2) is 1.38. The van der Waals surface area contributed by atoms with Gasteiger partial charge in [-0.15, -0.1) is 0 Å². The molecule has 1 fully saturated rings. The Balaban J connectivity index is 2.15. The lowest BCUT2D eigenvalue weighted by molar-refractivity contribution is -0.146. The zero-order valence-electron chi connectivity index (χ0n) is 6.50. The summed E-state index contributed by atoms with van der Waals surface area (Å²) >= 11 is 0. The normalized spacial score (nSPS) is 46.8. The van der Waals surface area contributed by atoms with Crippen LogP contribution < -0.4 is 5.73 Å². The lowest BCUT2D eigenvalue weighted by atomic mass is 9.47. The molecule has 0 saturated heterocycles. The fourth-order valence-electron chi connectivity index (χ4n) is 2.44. The van der Waals surface area contributed by atoms with Gasteiger partial charge in [-0.25, -0.2) is 0 Å². The molecule has 3 heteroatoms. The van der Waals surface area contributed by atoms with E-state index in [2.05, 4.69) is 0 Å². The fourth-order valence-corrected chi connectivity index (χ4v) is 2.44. The monoisotopic (exact) mass is 163 g/mol. The smallest absolute Gasteiger partial charge is 0.318 e. The highest BCUT2D eigenvalue weighted by atomic mass is 16.4. The Morgan fingerprint density at radius 2 is 2.00 bits per heavy atom. The summed E-state index contributed by atoms with van der Waals surface area (Å²) in [6.07, 6.45) is 5.14. The summed E-state index contributed by atoms with van der Waals surface area (Å²) < 4.78 is 0. The number of carboxylic acid groups (broad SMARTS) is 1. The first-order valence-electron chi connectivity index (χ1n) is 4.04. The Morgan fingerprint density at radius 3 is 2.33 bits per heavy atom. The van der Waals surface area contributed by atoms with E-state index in [1.54, 1.807) is 0 Å². The molecule has 0 radical (unpaired) electrons. The molecule has 0 aliphatic heterocycles. The molecule has 0 spiro atoms. The third kappa shape index (κ3) is 0.409. The second-order valence-electron chi connectivity index (χ2n) is 4.01. The first-order valence-corrected chi connectivity index (χ1v) is 4.04. The highest BCUT2D eigenvalue weighted by molar-refractivity contribution is 5.88. The van der Waals surface area contributed by atoms with Gasteiger partial charge in [-0.2, -0.15) is 0 Å². The van der Waals surface area contributed by atoms with Gasteiger partial charge in [0.05, 0.1) is 5.54 Å². The van der Waals surface area contributed by atoms with Gasteiger partial charge in [-0.1, -0.05) is 12.2 Å². The molecule has 0 aromatic heterocycles. The first-order chi connectivity index (χ1) is 5.57. The van der Waals surface area contributed by atoms with E-state index in [4.69, 9.17) is 10.8 Å². The topological polar surface area (TPSA) is 63.3 Å². The van der Waals surface area contributed by atoms with Gasteiger partial charge in [0.25, 0.3) is 0 Å². The van der Waals surface area contributed by atoms with Crippen LogP contribution in [0.1, 0.15) is 12.8 Å². The van der Waals surface area contributed by atoms with Crippen LogP contribution in [0.3, 0.4) is 0 Å². The molecule has 6 aliphatic rings. The molecule has 0 aromatic carbocycles. The number of hydrogen-bond acceptors (Lipinski definition) is 2. The standard InChI is InChI=1S/C9H9NO2/c10-9-3-5(4-9)8(7(11)12)1-6(9)2-8/h1,3H,2,4,10H2,(H,11,12). The number of aliphatic carboxylic acids is 1. The molecule has 0 amide bonds. The lowest BCUT2D eigenvalue weighted by Gasteiger charge is -2.58. The van der Waals surface area contributed by atoms with Crippen molar-refractivity contribution in [3.63, 3.8) is 0 Å². The Hall–Kier alpha value is -1.09. The largest absolute Gasteiger partial charge is 0.480 e. The van der Waals surface area contributed by atoms with Gasteiger partial charge in [0, 0.05) is 0 Å². The van der Waals surface area contributed by atoms with E-state index in [9.17, 15) is 4.79 Å². The molecule has 3 N–H and O–H groups in total. The minimum Gasteiger partial charge on any atom is -0.480 e. The Morgan fingerprint density at radius 1 is 1.42 bits per heavy atom. The van der Waals surface area contributed by atoms with Crippen LogP contribution in [-0.4, -0.2) is 16.6 Å². The molecule has 1 saturated carbocycles. The van der Waals surface area contributed by atoms with Gasteiger partial charge in [0.1, 0.15) is 5.41 Å². The number of carbonyl (C=O) groups is 1. The molecule has 0 heterocycles. The zero-order chi connectivity index (χ0) is 8.56. The lowest BCUT2D eigenvalue weighted by Crippen LogP contribution is -2.62. The quantitative estimate of drug-likeness (QED) is 0.551. The van der Waals surface area contributed by atoms with Crippen LogP contribution in [0.5, 0.6) is 0 Å².